The van der Waals surface area contributed by atoms with Gasteiger partial charge in [-0.1, -0.05) is 36.0 Å². The van der Waals surface area contributed by atoms with Crippen molar-refractivity contribution in [2.24, 2.45) is 0 Å². The Morgan fingerprint density at radius 2 is 2.00 bits per heavy atom. The van der Waals surface area contributed by atoms with Crippen LogP contribution in [0, 0.1) is 11.3 Å². The van der Waals surface area contributed by atoms with Crippen molar-refractivity contribution in [2.75, 3.05) is 11.4 Å². The summed E-state index contributed by atoms with van der Waals surface area (Å²) < 4.78 is 1.93. The van der Waals surface area contributed by atoms with Gasteiger partial charge in [0.25, 0.3) is 0 Å². The molecule has 0 spiro atoms. The van der Waals surface area contributed by atoms with Crippen LogP contribution in [0.2, 0.25) is 0 Å². The lowest BCUT2D eigenvalue weighted by molar-refractivity contribution is -0.117. The molecule has 0 aliphatic heterocycles. The SMILES string of the molecule is C=CCn1c(SC(C)C(=O)N(CCC#N)c2ccccc2)nnc1-c1ccncc1. The zero-order chi connectivity index (χ0) is 21.3. The van der Waals surface area contributed by atoms with Gasteiger partial charge in [-0.3, -0.25) is 14.3 Å². The van der Waals surface area contributed by atoms with E-state index in [2.05, 4.69) is 27.8 Å². The molecule has 1 unspecified atom stereocenters. The monoisotopic (exact) mass is 418 g/mol. The van der Waals surface area contributed by atoms with Crippen molar-refractivity contribution in [2.45, 2.75) is 30.3 Å². The van der Waals surface area contributed by atoms with Crippen LogP contribution >= 0.6 is 11.8 Å². The predicted octanol–water partition coefficient (Wildman–Crippen LogP) is 3.95. The van der Waals surface area contributed by atoms with E-state index >= 15 is 0 Å². The molecule has 0 radical (unpaired) electrons. The van der Waals surface area contributed by atoms with E-state index < -0.39 is 5.25 Å². The molecule has 0 N–H and O–H groups in total. The van der Waals surface area contributed by atoms with E-state index in [1.54, 1.807) is 23.4 Å². The number of benzene rings is 1. The van der Waals surface area contributed by atoms with Gasteiger partial charge in [0, 0.05) is 36.7 Å². The standard InChI is InChI=1S/C22H22N6OS/c1-3-15-28-20(18-10-13-24-14-11-18)25-26-22(28)30-17(2)21(29)27(16-7-12-23)19-8-5-4-6-9-19/h3-6,8-11,13-14,17H,1,7,15-16H2,2H3. The van der Waals surface area contributed by atoms with Crippen LogP contribution in [0.5, 0.6) is 0 Å². The Kier molecular flexibility index (Phi) is 7.35. The maximum atomic E-state index is 13.2. The normalized spacial score (nSPS) is 11.5. The Hall–Kier alpha value is -3.44. The second kappa shape index (κ2) is 10.4. The first-order chi connectivity index (χ1) is 14.7. The number of pyridine rings is 1. The molecule has 7 nitrogen and oxygen atoms in total. The minimum absolute atomic E-state index is 0.0833. The Morgan fingerprint density at radius 1 is 1.27 bits per heavy atom. The highest BCUT2D eigenvalue weighted by molar-refractivity contribution is 8.00. The summed E-state index contributed by atoms with van der Waals surface area (Å²) in [5, 5.41) is 17.8. The molecular formula is C22H22N6OS. The van der Waals surface area contributed by atoms with Crippen molar-refractivity contribution >= 4 is 23.4 Å². The van der Waals surface area contributed by atoms with Gasteiger partial charge in [-0.15, -0.1) is 16.8 Å². The molecule has 3 rings (SSSR count). The van der Waals surface area contributed by atoms with E-state index in [1.165, 1.54) is 11.8 Å². The lowest BCUT2D eigenvalue weighted by Crippen LogP contribution is -2.37. The third-order valence-electron chi connectivity index (χ3n) is 4.38. The van der Waals surface area contributed by atoms with Crippen molar-refractivity contribution in [1.82, 2.24) is 19.7 Å². The third kappa shape index (κ3) is 4.93. The van der Waals surface area contributed by atoms with Gasteiger partial charge in [-0.2, -0.15) is 5.26 Å². The summed E-state index contributed by atoms with van der Waals surface area (Å²) in [6.07, 6.45) is 5.44. The van der Waals surface area contributed by atoms with Crippen molar-refractivity contribution in [1.29, 1.82) is 5.26 Å². The highest BCUT2D eigenvalue weighted by Crippen LogP contribution is 2.28. The van der Waals surface area contributed by atoms with Crippen LogP contribution in [0.15, 0.2) is 72.7 Å². The largest absolute Gasteiger partial charge is 0.310 e. The average molecular weight is 419 g/mol. The summed E-state index contributed by atoms with van der Waals surface area (Å²) in [7, 11) is 0. The molecule has 0 bridgehead atoms. The molecule has 0 saturated carbocycles. The molecule has 1 amide bonds. The Labute approximate surface area is 180 Å². The highest BCUT2D eigenvalue weighted by Gasteiger charge is 2.25. The van der Waals surface area contributed by atoms with Crippen LogP contribution in [0.3, 0.4) is 0 Å². The minimum Gasteiger partial charge on any atom is -0.310 e. The fourth-order valence-corrected chi connectivity index (χ4v) is 3.87. The predicted molar refractivity (Wildman–Crippen MR) is 118 cm³/mol. The topological polar surface area (TPSA) is 87.7 Å². The molecule has 2 aromatic heterocycles. The van der Waals surface area contributed by atoms with Gasteiger partial charge in [0.15, 0.2) is 11.0 Å². The van der Waals surface area contributed by atoms with Gasteiger partial charge in [-0.05, 0) is 31.2 Å². The number of para-hydroxylation sites is 1. The summed E-state index contributed by atoms with van der Waals surface area (Å²) in [6, 6.07) is 15.2. The first-order valence-electron chi connectivity index (χ1n) is 9.50. The molecule has 0 fully saturated rings. The molecule has 1 atom stereocenters. The first kappa shape index (κ1) is 21.3. The van der Waals surface area contributed by atoms with Gasteiger partial charge >= 0.3 is 0 Å². The van der Waals surface area contributed by atoms with Crippen LogP contribution in [-0.4, -0.2) is 37.5 Å². The number of hydrogen-bond acceptors (Lipinski definition) is 6. The van der Waals surface area contributed by atoms with Gasteiger partial charge in [0.1, 0.15) is 0 Å². The number of carbonyl (C=O) groups is 1. The zero-order valence-electron chi connectivity index (χ0n) is 16.7. The van der Waals surface area contributed by atoms with Crippen molar-refractivity contribution < 1.29 is 4.79 Å². The van der Waals surface area contributed by atoms with Crippen molar-refractivity contribution in [3.63, 3.8) is 0 Å². The first-order valence-corrected chi connectivity index (χ1v) is 10.4. The molecule has 0 aliphatic carbocycles. The minimum atomic E-state index is -0.415. The number of aromatic nitrogens is 4. The van der Waals surface area contributed by atoms with E-state index in [4.69, 9.17) is 5.26 Å². The molecule has 0 saturated heterocycles. The Morgan fingerprint density at radius 3 is 2.67 bits per heavy atom. The van der Waals surface area contributed by atoms with Gasteiger partial charge in [0.05, 0.1) is 17.7 Å². The van der Waals surface area contributed by atoms with Crippen molar-refractivity contribution in [3.8, 4) is 17.5 Å². The number of nitriles is 1. The zero-order valence-corrected chi connectivity index (χ0v) is 17.5. The molecule has 152 valence electrons. The van der Waals surface area contributed by atoms with Crippen LogP contribution in [0.25, 0.3) is 11.4 Å². The maximum Gasteiger partial charge on any atom is 0.240 e. The van der Waals surface area contributed by atoms with E-state index in [1.807, 2.05) is 54.0 Å². The number of anilines is 1. The number of carbonyl (C=O) groups excluding carboxylic acids is 1. The van der Waals surface area contributed by atoms with Gasteiger partial charge in [0.2, 0.25) is 5.91 Å². The van der Waals surface area contributed by atoms with Crippen LogP contribution in [-0.2, 0) is 11.3 Å². The number of amides is 1. The molecule has 2 heterocycles. The molecule has 3 aromatic rings. The summed E-state index contributed by atoms with van der Waals surface area (Å²) in [4.78, 5) is 18.9. The van der Waals surface area contributed by atoms with Gasteiger partial charge in [-0.25, -0.2) is 0 Å². The number of rotatable bonds is 9. The molecule has 1 aromatic carbocycles. The van der Waals surface area contributed by atoms with Crippen LogP contribution in [0.4, 0.5) is 5.69 Å². The number of nitrogens with zero attached hydrogens (tertiary/aromatic N) is 6. The maximum absolute atomic E-state index is 13.2. The number of allylic oxidation sites excluding steroid dienone is 1. The smallest absolute Gasteiger partial charge is 0.240 e. The fourth-order valence-electron chi connectivity index (χ4n) is 2.95. The van der Waals surface area contributed by atoms with Crippen LogP contribution in [0.1, 0.15) is 13.3 Å². The molecule has 30 heavy (non-hydrogen) atoms. The van der Waals surface area contributed by atoms with E-state index in [-0.39, 0.29) is 12.3 Å². The third-order valence-corrected chi connectivity index (χ3v) is 5.45. The Bertz CT molecular complexity index is 1030. The summed E-state index contributed by atoms with van der Waals surface area (Å²) in [5.74, 6) is 0.615. The average Bonchev–Trinajstić information content (AvgIpc) is 3.17. The summed E-state index contributed by atoms with van der Waals surface area (Å²) in [6.45, 7) is 6.52. The van der Waals surface area contributed by atoms with E-state index in [0.717, 1.165) is 11.3 Å². The van der Waals surface area contributed by atoms with E-state index in [9.17, 15) is 4.79 Å². The summed E-state index contributed by atoms with van der Waals surface area (Å²) in [5.41, 5.74) is 1.67. The second-order valence-electron chi connectivity index (χ2n) is 6.43. The molecular weight excluding hydrogens is 396 g/mol. The fraction of sp³-hybridized carbons (Fsp3) is 0.227. The lowest BCUT2D eigenvalue weighted by atomic mass is 10.2. The van der Waals surface area contributed by atoms with E-state index in [0.29, 0.717) is 24.1 Å². The Balaban J connectivity index is 1.84. The number of thioether (sulfide) groups is 1. The summed E-state index contributed by atoms with van der Waals surface area (Å²) >= 11 is 1.34. The number of hydrogen-bond donors (Lipinski definition) is 0. The highest BCUT2D eigenvalue weighted by atomic mass is 32.2. The van der Waals surface area contributed by atoms with Crippen molar-refractivity contribution in [3.05, 3.63) is 67.5 Å². The molecule has 0 aliphatic rings. The van der Waals surface area contributed by atoms with Gasteiger partial charge < -0.3 is 4.90 Å². The second-order valence-corrected chi connectivity index (χ2v) is 7.74. The molecule has 8 heteroatoms. The van der Waals surface area contributed by atoms with Crippen LogP contribution < -0.4 is 4.90 Å². The lowest BCUT2D eigenvalue weighted by Gasteiger charge is -2.24. The quantitative estimate of drug-likeness (QED) is 0.386.